The van der Waals surface area contributed by atoms with Crippen LogP contribution >= 0.6 is 23.2 Å². The number of morpholine rings is 1. The molecule has 3 atom stereocenters. The van der Waals surface area contributed by atoms with Gasteiger partial charge in [-0.05, 0) is 66.8 Å². The summed E-state index contributed by atoms with van der Waals surface area (Å²) in [4.78, 5) is 15.3. The number of amides is 1. The van der Waals surface area contributed by atoms with Gasteiger partial charge in [-0.3, -0.25) is 9.10 Å². The lowest BCUT2D eigenvalue weighted by molar-refractivity contribution is -0.163. The second-order valence-electron chi connectivity index (χ2n) is 9.87. The molecule has 3 aromatic carbocycles. The number of benzene rings is 3. The van der Waals surface area contributed by atoms with Crippen LogP contribution in [0.15, 0.2) is 72.8 Å². The van der Waals surface area contributed by atoms with Crippen LogP contribution in [0.4, 0.5) is 10.1 Å². The average Bonchev–Trinajstić information content (AvgIpc) is 3.77. The molecule has 1 aliphatic carbocycles. The molecule has 1 amide bonds. The summed E-state index contributed by atoms with van der Waals surface area (Å²) in [5, 5.41) is 0.518. The monoisotopic (exact) mass is 590 g/mol. The van der Waals surface area contributed by atoms with E-state index in [0.717, 1.165) is 15.4 Å². The first-order chi connectivity index (χ1) is 18.7. The number of ether oxygens (including phenoxy) is 1. The zero-order chi connectivity index (χ0) is 27.7. The molecule has 206 valence electrons. The summed E-state index contributed by atoms with van der Waals surface area (Å²) in [6, 6.07) is 19.1. The highest BCUT2D eigenvalue weighted by Gasteiger charge is 2.46. The van der Waals surface area contributed by atoms with Crippen LogP contribution in [0.5, 0.6) is 0 Å². The zero-order valence-electron chi connectivity index (χ0n) is 21.3. The normalized spacial score (nSPS) is 20.6. The molecule has 6 nitrogen and oxygen atoms in total. The molecule has 0 spiro atoms. The van der Waals surface area contributed by atoms with Gasteiger partial charge in [0.25, 0.3) is 0 Å². The van der Waals surface area contributed by atoms with Gasteiger partial charge in [0.1, 0.15) is 18.5 Å². The molecule has 1 aliphatic heterocycles. The van der Waals surface area contributed by atoms with Crippen molar-refractivity contribution in [3.05, 3.63) is 99.8 Å². The van der Waals surface area contributed by atoms with Gasteiger partial charge < -0.3 is 9.64 Å². The Morgan fingerprint density at radius 3 is 2.36 bits per heavy atom. The first-order valence-electron chi connectivity index (χ1n) is 12.9. The molecule has 0 aromatic heterocycles. The van der Waals surface area contributed by atoms with Crippen molar-refractivity contribution in [2.75, 3.05) is 17.5 Å². The predicted octanol–water partition coefficient (Wildman–Crippen LogP) is 6.55. The lowest BCUT2D eigenvalue weighted by atomic mass is 9.91. The minimum Gasteiger partial charge on any atom is -0.361 e. The molecule has 0 bridgehead atoms. The Kier molecular flexibility index (Phi) is 8.19. The highest BCUT2D eigenvalue weighted by molar-refractivity contribution is 7.93. The minimum atomic E-state index is -3.83. The number of hydrogen-bond donors (Lipinski definition) is 0. The van der Waals surface area contributed by atoms with Gasteiger partial charge in [-0.25, -0.2) is 12.8 Å². The molecule has 39 heavy (non-hydrogen) atoms. The molecule has 0 N–H and O–H groups in total. The van der Waals surface area contributed by atoms with E-state index < -0.39 is 39.3 Å². The Morgan fingerprint density at radius 2 is 1.72 bits per heavy atom. The Bertz CT molecular complexity index is 1450. The van der Waals surface area contributed by atoms with E-state index >= 15 is 0 Å². The first-order valence-corrected chi connectivity index (χ1v) is 15.2. The summed E-state index contributed by atoms with van der Waals surface area (Å²) < 4.78 is 49.4. The third-order valence-electron chi connectivity index (χ3n) is 7.26. The van der Waals surface area contributed by atoms with Gasteiger partial charge in [-0.2, -0.15) is 0 Å². The number of sulfonamides is 1. The van der Waals surface area contributed by atoms with Crippen LogP contribution in [0.3, 0.4) is 0 Å². The Morgan fingerprint density at radius 1 is 1.00 bits per heavy atom. The molecule has 1 saturated carbocycles. The van der Waals surface area contributed by atoms with Crippen molar-refractivity contribution in [3.63, 3.8) is 0 Å². The molecule has 10 heteroatoms. The van der Waals surface area contributed by atoms with Crippen molar-refractivity contribution in [2.24, 2.45) is 0 Å². The van der Waals surface area contributed by atoms with E-state index in [1.165, 1.54) is 18.2 Å². The molecule has 0 unspecified atom stereocenters. The molecule has 1 saturated heterocycles. The largest absolute Gasteiger partial charge is 0.361 e. The Balaban J connectivity index is 1.59. The maximum atomic E-state index is 15.0. The molecule has 5 rings (SSSR count). The molecular weight excluding hydrogens is 562 g/mol. The SMILES string of the molecule is CC[C@@H](CN(c1ccccc1F)S(=O)(=O)C1CC1)N1C(=O)CO[C@H](c2cccc(Cl)c2)[C@H]1c1ccc(Cl)cc1. The zero-order valence-corrected chi connectivity index (χ0v) is 23.7. The third kappa shape index (κ3) is 5.80. The summed E-state index contributed by atoms with van der Waals surface area (Å²) in [7, 11) is -3.83. The number of rotatable bonds is 9. The summed E-state index contributed by atoms with van der Waals surface area (Å²) in [5.74, 6) is -0.909. The molecule has 3 aromatic rings. The quantitative estimate of drug-likeness (QED) is 0.283. The van der Waals surface area contributed by atoms with Gasteiger partial charge in [0.2, 0.25) is 15.9 Å². The number of para-hydroxylation sites is 1. The van der Waals surface area contributed by atoms with Crippen LogP contribution in [0.1, 0.15) is 49.5 Å². The second kappa shape index (κ2) is 11.5. The van der Waals surface area contributed by atoms with E-state index in [2.05, 4.69) is 0 Å². The number of carbonyl (C=O) groups excluding carboxylic acids is 1. The summed E-state index contributed by atoms with van der Waals surface area (Å²) in [6.45, 7) is 1.62. The number of carbonyl (C=O) groups is 1. The fourth-order valence-electron chi connectivity index (χ4n) is 5.16. The summed E-state index contributed by atoms with van der Waals surface area (Å²) in [5.41, 5.74) is 1.54. The summed E-state index contributed by atoms with van der Waals surface area (Å²) in [6.07, 6.45) is 0.928. The number of anilines is 1. The minimum absolute atomic E-state index is 0.0157. The van der Waals surface area contributed by atoms with Crippen molar-refractivity contribution in [1.82, 2.24) is 4.90 Å². The number of hydrogen-bond acceptors (Lipinski definition) is 4. The van der Waals surface area contributed by atoms with Crippen LogP contribution in [-0.4, -0.2) is 43.7 Å². The van der Waals surface area contributed by atoms with Gasteiger partial charge in [0.15, 0.2) is 0 Å². The van der Waals surface area contributed by atoms with Crippen molar-refractivity contribution in [3.8, 4) is 0 Å². The Labute approximate surface area is 238 Å². The van der Waals surface area contributed by atoms with Crippen LogP contribution in [0.2, 0.25) is 10.0 Å². The number of nitrogens with zero attached hydrogens (tertiary/aromatic N) is 2. The van der Waals surface area contributed by atoms with Crippen LogP contribution in [0.25, 0.3) is 0 Å². The topological polar surface area (TPSA) is 66.9 Å². The molecular formula is C29H29Cl2FN2O4S. The Hall–Kier alpha value is -2.65. The lowest BCUT2D eigenvalue weighted by Crippen LogP contribution is -2.55. The van der Waals surface area contributed by atoms with E-state index in [0.29, 0.717) is 29.3 Å². The van der Waals surface area contributed by atoms with Gasteiger partial charge in [0.05, 0.1) is 29.6 Å². The number of halogens is 3. The highest BCUT2D eigenvalue weighted by atomic mass is 35.5. The fraction of sp³-hybridized carbons (Fsp3) is 0.345. The van der Waals surface area contributed by atoms with E-state index in [-0.39, 0.29) is 24.7 Å². The molecule has 0 radical (unpaired) electrons. The standard InChI is InChI=1S/C29H29Cl2FN2O4S/c1-2-23(17-33(39(36,37)24-14-15-24)26-9-4-3-8-25(26)32)34-27(35)18-38-29(20-6-5-7-22(31)16-20)28(34)19-10-12-21(30)13-11-19/h3-13,16,23-24,28-29H,2,14-15,17-18H2,1H3/t23-,28+,29+/m0/s1. The fourth-order valence-corrected chi connectivity index (χ4v) is 7.38. The molecule has 1 heterocycles. The molecule has 2 fully saturated rings. The van der Waals surface area contributed by atoms with Crippen molar-refractivity contribution in [2.45, 2.75) is 49.6 Å². The predicted molar refractivity (Wildman–Crippen MR) is 151 cm³/mol. The van der Waals surface area contributed by atoms with Crippen LogP contribution < -0.4 is 4.31 Å². The highest BCUT2D eigenvalue weighted by Crippen LogP contribution is 2.43. The summed E-state index contributed by atoms with van der Waals surface area (Å²) >= 11 is 12.5. The van der Waals surface area contributed by atoms with Crippen molar-refractivity contribution in [1.29, 1.82) is 0 Å². The second-order valence-corrected chi connectivity index (χ2v) is 12.9. The first kappa shape index (κ1) is 27.9. The van der Waals surface area contributed by atoms with Crippen LogP contribution in [-0.2, 0) is 19.6 Å². The van der Waals surface area contributed by atoms with E-state index in [1.54, 1.807) is 35.2 Å². The van der Waals surface area contributed by atoms with E-state index in [4.69, 9.17) is 27.9 Å². The van der Waals surface area contributed by atoms with E-state index in [1.807, 2.05) is 31.2 Å². The van der Waals surface area contributed by atoms with Gasteiger partial charge in [-0.15, -0.1) is 0 Å². The van der Waals surface area contributed by atoms with E-state index in [9.17, 15) is 17.6 Å². The third-order valence-corrected chi connectivity index (χ3v) is 10.0. The smallest absolute Gasteiger partial charge is 0.249 e. The van der Waals surface area contributed by atoms with Gasteiger partial charge in [-0.1, -0.05) is 66.5 Å². The maximum absolute atomic E-state index is 15.0. The van der Waals surface area contributed by atoms with Crippen molar-refractivity contribution < 1.29 is 22.3 Å². The van der Waals surface area contributed by atoms with Crippen molar-refractivity contribution >= 4 is 44.8 Å². The van der Waals surface area contributed by atoms with Gasteiger partial charge in [0, 0.05) is 10.0 Å². The average molecular weight is 592 g/mol. The lowest BCUT2D eigenvalue weighted by Gasteiger charge is -2.46. The van der Waals surface area contributed by atoms with Gasteiger partial charge >= 0.3 is 0 Å². The molecule has 2 aliphatic rings. The maximum Gasteiger partial charge on any atom is 0.249 e. The van der Waals surface area contributed by atoms with Crippen LogP contribution in [0, 0.1) is 5.82 Å².